The molecule has 8 nitrogen and oxygen atoms in total. The van der Waals surface area contributed by atoms with E-state index in [-0.39, 0.29) is 17.7 Å². The Labute approximate surface area is 219 Å². The highest BCUT2D eigenvalue weighted by atomic mass is 19.1. The van der Waals surface area contributed by atoms with Crippen LogP contribution in [0, 0.1) is 11.6 Å². The van der Waals surface area contributed by atoms with Crippen molar-refractivity contribution in [1.82, 2.24) is 29.5 Å². The van der Waals surface area contributed by atoms with Gasteiger partial charge in [0, 0.05) is 56.0 Å². The van der Waals surface area contributed by atoms with Crippen molar-refractivity contribution in [1.29, 1.82) is 0 Å². The molecule has 2 aromatic heterocycles. The van der Waals surface area contributed by atoms with Gasteiger partial charge in [-0.2, -0.15) is 5.10 Å². The number of nitrogens with zero attached hydrogens (tertiary/aromatic N) is 6. The molecule has 0 N–H and O–H groups in total. The molecule has 10 heteroatoms. The number of piperazine rings is 1. The van der Waals surface area contributed by atoms with E-state index in [4.69, 9.17) is 4.74 Å². The molecule has 0 bridgehead atoms. The van der Waals surface area contributed by atoms with Crippen LogP contribution in [0.2, 0.25) is 0 Å². The van der Waals surface area contributed by atoms with Gasteiger partial charge in [0.2, 0.25) is 0 Å². The Balaban J connectivity index is 1.25. The summed E-state index contributed by atoms with van der Waals surface area (Å²) in [6.45, 7) is 5.83. The van der Waals surface area contributed by atoms with Gasteiger partial charge in [-0.25, -0.2) is 23.4 Å². The molecule has 38 heavy (non-hydrogen) atoms. The second-order valence-electron chi connectivity index (χ2n) is 9.31. The van der Waals surface area contributed by atoms with E-state index in [1.54, 1.807) is 12.4 Å². The predicted molar refractivity (Wildman–Crippen MR) is 140 cm³/mol. The fraction of sp³-hybridized carbons (Fsp3) is 0.286. The molecule has 196 valence electrons. The average molecular weight is 519 g/mol. The first kappa shape index (κ1) is 25.6. The Kier molecular flexibility index (Phi) is 7.81. The van der Waals surface area contributed by atoms with E-state index in [9.17, 15) is 13.6 Å². The van der Waals surface area contributed by atoms with Gasteiger partial charge in [0.25, 0.3) is 5.56 Å². The molecule has 1 aliphatic rings. The Morgan fingerprint density at radius 2 is 1.63 bits per heavy atom. The van der Waals surface area contributed by atoms with E-state index in [0.717, 1.165) is 49.9 Å². The van der Waals surface area contributed by atoms with Gasteiger partial charge in [-0.15, -0.1) is 0 Å². The topological polar surface area (TPSA) is 76.4 Å². The highest BCUT2D eigenvalue weighted by Gasteiger charge is 2.13. The highest BCUT2D eigenvalue weighted by Crippen LogP contribution is 2.20. The first-order valence-corrected chi connectivity index (χ1v) is 12.4. The lowest BCUT2D eigenvalue weighted by Crippen LogP contribution is -2.45. The van der Waals surface area contributed by atoms with Gasteiger partial charge in [-0.05, 0) is 36.9 Å². The molecule has 0 aliphatic carbocycles. The molecule has 0 radical (unpaired) electrons. The zero-order valence-corrected chi connectivity index (χ0v) is 21.1. The number of aromatic nitrogens is 4. The van der Waals surface area contributed by atoms with Crippen LogP contribution in [0.5, 0.6) is 5.75 Å². The Morgan fingerprint density at radius 3 is 2.37 bits per heavy atom. The van der Waals surface area contributed by atoms with Crippen molar-refractivity contribution in [3.05, 3.63) is 94.5 Å². The van der Waals surface area contributed by atoms with Crippen LogP contribution in [0.1, 0.15) is 5.56 Å². The molecule has 0 saturated carbocycles. The summed E-state index contributed by atoms with van der Waals surface area (Å²) in [7, 11) is 2.13. The first-order chi connectivity index (χ1) is 18.4. The minimum Gasteiger partial charge on any atom is -0.489 e. The number of hydrogen-bond donors (Lipinski definition) is 0. The molecule has 1 fully saturated rings. The van der Waals surface area contributed by atoms with Gasteiger partial charge in [-0.3, -0.25) is 9.69 Å². The van der Waals surface area contributed by atoms with Crippen molar-refractivity contribution in [2.75, 3.05) is 46.4 Å². The summed E-state index contributed by atoms with van der Waals surface area (Å²) in [5.74, 6) is -0.277. The van der Waals surface area contributed by atoms with Crippen molar-refractivity contribution < 1.29 is 13.5 Å². The van der Waals surface area contributed by atoms with Gasteiger partial charge in [0.05, 0.1) is 24.6 Å². The monoisotopic (exact) mass is 518 g/mol. The van der Waals surface area contributed by atoms with Crippen LogP contribution in [0.4, 0.5) is 8.78 Å². The fourth-order valence-corrected chi connectivity index (χ4v) is 4.30. The third-order valence-corrected chi connectivity index (χ3v) is 6.44. The Bertz CT molecular complexity index is 1430. The summed E-state index contributed by atoms with van der Waals surface area (Å²) >= 11 is 0. The summed E-state index contributed by atoms with van der Waals surface area (Å²) in [4.78, 5) is 26.0. The largest absolute Gasteiger partial charge is 0.489 e. The van der Waals surface area contributed by atoms with E-state index >= 15 is 0 Å². The van der Waals surface area contributed by atoms with Gasteiger partial charge in [-0.1, -0.05) is 18.2 Å². The molecule has 1 aliphatic heterocycles. The Morgan fingerprint density at radius 1 is 0.895 bits per heavy atom. The summed E-state index contributed by atoms with van der Waals surface area (Å²) < 4.78 is 34.4. The number of rotatable bonds is 8. The lowest BCUT2D eigenvalue weighted by molar-refractivity contribution is 0.133. The van der Waals surface area contributed by atoms with Crippen LogP contribution in [0.15, 0.2) is 71.8 Å². The maximum atomic E-state index is 13.7. The van der Waals surface area contributed by atoms with Crippen molar-refractivity contribution in [3.63, 3.8) is 0 Å². The summed E-state index contributed by atoms with van der Waals surface area (Å²) in [5.41, 5.74) is 1.80. The maximum absolute atomic E-state index is 13.7. The molecule has 0 atom stereocenters. The average Bonchev–Trinajstić information content (AvgIpc) is 2.91. The number of likely N-dealkylation sites (N-methyl/N-ethyl adjacent to an activating group) is 1. The van der Waals surface area contributed by atoms with Crippen LogP contribution in [0.3, 0.4) is 0 Å². The van der Waals surface area contributed by atoms with Crippen molar-refractivity contribution in [2.24, 2.45) is 0 Å². The fourth-order valence-electron chi connectivity index (χ4n) is 4.30. The van der Waals surface area contributed by atoms with Crippen molar-refractivity contribution >= 4 is 0 Å². The minimum atomic E-state index is -0.710. The molecule has 0 spiro atoms. The molecule has 3 heterocycles. The third kappa shape index (κ3) is 6.45. The molecular formula is C28H28F2N6O2. The Hall–Kier alpha value is -4.02. The second kappa shape index (κ2) is 11.6. The van der Waals surface area contributed by atoms with Gasteiger partial charge in [0.15, 0.2) is 11.6 Å². The SMILES string of the molecule is CN1CCN(CCOc2cnc(-c3cccc(Cn4nc(-c5cc(F)cc(F)c5)ccc4=O)c3)nc2)CC1. The predicted octanol–water partition coefficient (Wildman–Crippen LogP) is 3.32. The summed E-state index contributed by atoms with van der Waals surface area (Å²) in [6.07, 6.45) is 3.32. The molecule has 1 saturated heterocycles. The molecular weight excluding hydrogens is 490 g/mol. The lowest BCUT2D eigenvalue weighted by atomic mass is 10.1. The van der Waals surface area contributed by atoms with Crippen molar-refractivity contribution in [3.8, 4) is 28.4 Å². The quantitative estimate of drug-likeness (QED) is 0.354. The molecule has 0 unspecified atom stereocenters. The third-order valence-electron chi connectivity index (χ3n) is 6.44. The van der Waals surface area contributed by atoms with Gasteiger partial charge in [0.1, 0.15) is 18.2 Å². The number of halogens is 2. The number of hydrogen-bond acceptors (Lipinski definition) is 7. The summed E-state index contributed by atoms with van der Waals surface area (Å²) in [5, 5.41) is 4.32. The normalized spacial score (nSPS) is 14.5. The zero-order valence-electron chi connectivity index (χ0n) is 21.1. The molecule has 0 amide bonds. The van der Waals surface area contributed by atoms with Crippen LogP contribution < -0.4 is 10.3 Å². The molecule has 2 aromatic carbocycles. The van der Waals surface area contributed by atoms with Crippen LogP contribution in [-0.4, -0.2) is 75.9 Å². The van der Waals surface area contributed by atoms with Crippen LogP contribution in [-0.2, 0) is 6.54 Å². The highest BCUT2D eigenvalue weighted by molar-refractivity contribution is 5.58. The van der Waals surface area contributed by atoms with E-state index in [1.807, 2.05) is 24.3 Å². The maximum Gasteiger partial charge on any atom is 0.267 e. The standard InChI is InChI=1S/C28H28F2N6O2/c1-34-7-9-35(10-8-34)11-12-38-25-17-31-28(32-18-25)21-4-2-3-20(13-21)19-36-27(37)6-5-26(33-36)22-14-23(29)16-24(30)15-22/h2-6,13-18H,7-12,19H2,1H3. The zero-order chi connectivity index (χ0) is 26.5. The van der Waals surface area contributed by atoms with Crippen LogP contribution >= 0.6 is 0 Å². The molecule has 5 rings (SSSR count). The van der Waals surface area contributed by atoms with E-state index in [0.29, 0.717) is 23.9 Å². The minimum absolute atomic E-state index is 0.172. The lowest BCUT2D eigenvalue weighted by Gasteiger charge is -2.32. The van der Waals surface area contributed by atoms with E-state index in [1.165, 1.54) is 28.9 Å². The number of benzene rings is 2. The smallest absolute Gasteiger partial charge is 0.267 e. The van der Waals surface area contributed by atoms with E-state index < -0.39 is 11.6 Å². The van der Waals surface area contributed by atoms with E-state index in [2.05, 4.69) is 31.9 Å². The first-order valence-electron chi connectivity index (χ1n) is 12.4. The second-order valence-corrected chi connectivity index (χ2v) is 9.31. The van der Waals surface area contributed by atoms with Crippen molar-refractivity contribution in [2.45, 2.75) is 6.54 Å². The number of ether oxygens (including phenoxy) is 1. The van der Waals surface area contributed by atoms with Gasteiger partial charge >= 0.3 is 0 Å². The summed E-state index contributed by atoms with van der Waals surface area (Å²) in [6, 6.07) is 13.4. The molecule has 4 aromatic rings. The van der Waals surface area contributed by atoms with Gasteiger partial charge < -0.3 is 9.64 Å². The van der Waals surface area contributed by atoms with Crippen LogP contribution in [0.25, 0.3) is 22.6 Å².